The van der Waals surface area contributed by atoms with E-state index in [2.05, 4.69) is 15.2 Å². The normalized spacial score (nSPS) is 11.2. The molecule has 0 saturated carbocycles. The van der Waals surface area contributed by atoms with Gasteiger partial charge in [-0.25, -0.2) is 0 Å². The van der Waals surface area contributed by atoms with E-state index in [1.165, 1.54) is 4.57 Å². The summed E-state index contributed by atoms with van der Waals surface area (Å²) in [4.78, 5) is 16.0. The molecule has 0 unspecified atom stereocenters. The average molecular weight is 355 g/mol. The number of aromatic nitrogens is 4. The molecule has 0 amide bonds. The van der Waals surface area contributed by atoms with Crippen LogP contribution in [-0.2, 0) is 0 Å². The smallest absolute Gasteiger partial charge is 0.287 e. The van der Waals surface area contributed by atoms with E-state index in [1.807, 2.05) is 25.1 Å². The summed E-state index contributed by atoms with van der Waals surface area (Å²) in [6.07, 6.45) is 0. The molecule has 0 aliphatic rings. The van der Waals surface area contributed by atoms with Gasteiger partial charge in [-0.3, -0.25) is 9.36 Å². The van der Waals surface area contributed by atoms with Crippen LogP contribution in [0.15, 0.2) is 47.3 Å². The minimum Gasteiger partial charge on any atom is -0.329 e. The molecule has 24 heavy (non-hydrogen) atoms. The SMILES string of the molecule is Cc1ccc2c(c1)nnc1c(=O)n(-c3ccc(Cl)cc3)c(=S)[nH]c12. The zero-order valence-electron chi connectivity index (χ0n) is 12.6. The lowest BCUT2D eigenvalue weighted by Crippen LogP contribution is -2.21. The van der Waals surface area contributed by atoms with E-state index >= 15 is 0 Å². The Morgan fingerprint density at radius 2 is 1.88 bits per heavy atom. The van der Waals surface area contributed by atoms with Gasteiger partial charge in [0.1, 0.15) is 0 Å². The topological polar surface area (TPSA) is 63.6 Å². The van der Waals surface area contributed by atoms with Crippen molar-refractivity contribution in [3.63, 3.8) is 0 Å². The van der Waals surface area contributed by atoms with Crippen LogP contribution in [0.5, 0.6) is 0 Å². The van der Waals surface area contributed by atoms with Crippen LogP contribution in [0.1, 0.15) is 5.56 Å². The van der Waals surface area contributed by atoms with Gasteiger partial charge in [-0.2, -0.15) is 0 Å². The van der Waals surface area contributed by atoms with Gasteiger partial charge in [0.25, 0.3) is 5.56 Å². The van der Waals surface area contributed by atoms with Crippen molar-refractivity contribution in [2.24, 2.45) is 0 Å². The molecule has 1 N–H and O–H groups in total. The number of H-pyrrole nitrogens is 1. The van der Waals surface area contributed by atoms with E-state index in [0.717, 1.165) is 16.5 Å². The van der Waals surface area contributed by atoms with Crippen molar-refractivity contribution < 1.29 is 0 Å². The second-order valence-electron chi connectivity index (χ2n) is 5.49. The number of aryl methyl sites for hydroxylation is 1. The molecule has 0 atom stereocenters. The maximum absolute atomic E-state index is 12.9. The Kier molecular flexibility index (Phi) is 3.44. The quantitative estimate of drug-likeness (QED) is 0.415. The van der Waals surface area contributed by atoms with Crippen LogP contribution in [0, 0.1) is 11.7 Å². The molecule has 0 saturated heterocycles. The Balaban J connectivity index is 2.10. The number of nitrogens with one attached hydrogen (secondary N) is 1. The Bertz CT molecular complexity index is 1210. The number of benzene rings is 2. The fraction of sp³-hybridized carbons (Fsp3) is 0.0588. The van der Waals surface area contributed by atoms with Gasteiger partial charge in [-0.15, -0.1) is 10.2 Å². The van der Waals surface area contributed by atoms with Gasteiger partial charge in [0.05, 0.1) is 16.7 Å². The molecular formula is C17H11ClN4OS. The number of halogens is 1. The van der Waals surface area contributed by atoms with Crippen molar-refractivity contribution in [2.45, 2.75) is 6.92 Å². The Labute approximate surface area is 146 Å². The molecule has 118 valence electrons. The zero-order valence-corrected chi connectivity index (χ0v) is 14.1. The summed E-state index contributed by atoms with van der Waals surface area (Å²) in [7, 11) is 0. The molecular weight excluding hydrogens is 344 g/mol. The van der Waals surface area contributed by atoms with E-state index in [-0.39, 0.29) is 11.1 Å². The fourth-order valence-corrected chi connectivity index (χ4v) is 3.10. The van der Waals surface area contributed by atoms with E-state index in [9.17, 15) is 4.79 Å². The van der Waals surface area contributed by atoms with Crippen molar-refractivity contribution in [3.8, 4) is 5.69 Å². The summed E-state index contributed by atoms with van der Waals surface area (Å²) < 4.78 is 1.69. The van der Waals surface area contributed by atoms with E-state index in [4.69, 9.17) is 23.8 Å². The molecule has 0 aliphatic carbocycles. The minimum absolute atomic E-state index is 0.245. The van der Waals surface area contributed by atoms with Gasteiger partial charge < -0.3 is 4.98 Å². The molecule has 0 fully saturated rings. The summed E-state index contributed by atoms with van der Waals surface area (Å²) in [5, 5.41) is 9.68. The summed E-state index contributed by atoms with van der Waals surface area (Å²) >= 11 is 11.3. The van der Waals surface area contributed by atoms with Gasteiger partial charge in [0, 0.05) is 10.4 Å². The lowest BCUT2D eigenvalue weighted by molar-refractivity contribution is 0.925. The highest BCUT2D eigenvalue weighted by Gasteiger charge is 2.12. The van der Waals surface area contributed by atoms with Crippen molar-refractivity contribution >= 4 is 45.8 Å². The average Bonchev–Trinajstić information content (AvgIpc) is 2.56. The van der Waals surface area contributed by atoms with Gasteiger partial charge in [-0.1, -0.05) is 23.7 Å². The van der Waals surface area contributed by atoms with Gasteiger partial charge >= 0.3 is 0 Å². The monoisotopic (exact) mass is 354 g/mol. The third kappa shape index (κ3) is 2.31. The Morgan fingerprint density at radius 3 is 2.62 bits per heavy atom. The van der Waals surface area contributed by atoms with Crippen LogP contribution in [0.4, 0.5) is 0 Å². The van der Waals surface area contributed by atoms with Crippen LogP contribution in [0.2, 0.25) is 5.02 Å². The highest BCUT2D eigenvalue weighted by Crippen LogP contribution is 2.20. The summed E-state index contributed by atoms with van der Waals surface area (Å²) in [6, 6.07) is 12.7. The molecule has 2 aromatic heterocycles. The Hall–Kier alpha value is -2.57. The number of hydrogen-bond donors (Lipinski definition) is 1. The zero-order chi connectivity index (χ0) is 16.8. The summed E-state index contributed by atoms with van der Waals surface area (Å²) in [5.41, 5.74) is 2.94. The molecule has 2 heterocycles. The minimum atomic E-state index is -0.314. The van der Waals surface area contributed by atoms with Crippen molar-refractivity contribution in [2.75, 3.05) is 0 Å². The van der Waals surface area contributed by atoms with Gasteiger partial charge in [0.15, 0.2) is 10.3 Å². The fourth-order valence-electron chi connectivity index (χ4n) is 2.68. The maximum Gasteiger partial charge on any atom is 0.287 e. The first kappa shape index (κ1) is 15.0. The van der Waals surface area contributed by atoms with E-state index in [0.29, 0.717) is 21.0 Å². The van der Waals surface area contributed by atoms with E-state index < -0.39 is 0 Å². The second kappa shape index (κ2) is 5.51. The molecule has 5 nitrogen and oxygen atoms in total. The molecule has 2 aromatic carbocycles. The number of aromatic amines is 1. The van der Waals surface area contributed by atoms with Crippen LogP contribution in [0.3, 0.4) is 0 Å². The van der Waals surface area contributed by atoms with Crippen LogP contribution in [0.25, 0.3) is 27.6 Å². The molecule has 4 rings (SSSR count). The van der Waals surface area contributed by atoms with Crippen LogP contribution in [-0.4, -0.2) is 19.7 Å². The second-order valence-corrected chi connectivity index (χ2v) is 6.31. The molecule has 0 aliphatic heterocycles. The summed E-state index contributed by atoms with van der Waals surface area (Å²) in [5.74, 6) is 0. The molecule has 0 bridgehead atoms. The van der Waals surface area contributed by atoms with E-state index in [1.54, 1.807) is 24.3 Å². The maximum atomic E-state index is 12.9. The first-order chi connectivity index (χ1) is 11.5. The number of rotatable bonds is 1. The first-order valence-electron chi connectivity index (χ1n) is 7.22. The van der Waals surface area contributed by atoms with Crippen molar-refractivity contribution in [1.29, 1.82) is 0 Å². The molecule has 4 aromatic rings. The standard InChI is InChI=1S/C17H11ClN4OS/c1-9-2-7-12-13(8-9)20-21-15-14(12)19-17(24)22(16(15)23)11-5-3-10(18)4-6-11/h2-8H,1H3,(H,19,24). The molecule has 7 heteroatoms. The Morgan fingerprint density at radius 1 is 1.12 bits per heavy atom. The third-order valence-corrected chi connectivity index (χ3v) is 4.38. The number of fused-ring (bicyclic) bond motifs is 3. The van der Waals surface area contributed by atoms with Crippen molar-refractivity contribution in [1.82, 2.24) is 19.7 Å². The lowest BCUT2D eigenvalue weighted by atomic mass is 10.1. The van der Waals surface area contributed by atoms with Crippen molar-refractivity contribution in [3.05, 3.63) is 68.2 Å². The molecule has 0 spiro atoms. The predicted octanol–water partition coefficient (Wildman–Crippen LogP) is 3.95. The highest BCUT2D eigenvalue weighted by atomic mass is 35.5. The number of hydrogen-bond acceptors (Lipinski definition) is 4. The van der Waals surface area contributed by atoms with Crippen LogP contribution >= 0.6 is 23.8 Å². The van der Waals surface area contributed by atoms with Gasteiger partial charge in [-0.05, 0) is 55.0 Å². The highest BCUT2D eigenvalue weighted by molar-refractivity contribution is 7.71. The summed E-state index contributed by atoms with van der Waals surface area (Å²) in [6.45, 7) is 1.98. The predicted molar refractivity (Wildman–Crippen MR) is 97.6 cm³/mol. The third-order valence-electron chi connectivity index (χ3n) is 3.84. The van der Waals surface area contributed by atoms with Gasteiger partial charge in [0.2, 0.25) is 0 Å². The number of nitrogens with zero attached hydrogens (tertiary/aromatic N) is 3. The molecule has 0 radical (unpaired) electrons. The first-order valence-corrected chi connectivity index (χ1v) is 8.01. The largest absolute Gasteiger partial charge is 0.329 e. The lowest BCUT2D eigenvalue weighted by Gasteiger charge is -2.09. The van der Waals surface area contributed by atoms with Crippen LogP contribution < -0.4 is 5.56 Å².